The van der Waals surface area contributed by atoms with Gasteiger partial charge in [-0.25, -0.2) is 9.97 Å². The highest BCUT2D eigenvalue weighted by atomic mass is 16.1. The maximum absolute atomic E-state index is 12.7. The lowest BCUT2D eigenvalue weighted by Gasteiger charge is -2.15. The van der Waals surface area contributed by atoms with E-state index in [1.54, 1.807) is 18.5 Å². The van der Waals surface area contributed by atoms with Crippen molar-refractivity contribution in [2.45, 2.75) is 12.8 Å². The van der Waals surface area contributed by atoms with Crippen LogP contribution in [0.5, 0.6) is 0 Å². The fourth-order valence-corrected chi connectivity index (χ4v) is 2.99. The first kappa shape index (κ1) is 13.8. The van der Waals surface area contributed by atoms with E-state index < -0.39 is 0 Å². The van der Waals surface area contributed by atoms with E-state index in [1.807, 2.05) is 24.3 Å². The van der Waals surface area contributed by atoms with Crippen LogP contribution in [0, 0.1) is 0 Å². The van der Waals surface area contributed by atoms with Crippen LogP contribution in [0.25, 0.3) is 16.6 Å². The molecule has 0 saturated carbocycles. The van der Waals surface area contributed by atoms with Gasteiger partial charge in [-0.2, -0.15) is 0 Å². The molecule has 0 bridgehead atoms. The Hall–Kier alpha value is -2.89. The molecule has 2 N–H and O–H groups in total. The Balaban J connectivity index is 1.84. The van der Waals surface area contributed by atoms with Crippen molar-refractivity contribution in [3.63, 3.8) is 0 Å². The Labute approximate surface area is 133 Å². The van der Waals surface area contributed by atoms with E-state index in [9.17, 15) is 4.79 Å². The summed E-state index contributed by atoms with van der Waals surface area (Å²) in [5.74, 6) is 0.700. The van der Waals surface area contributed by atoms with E-state index in [4.69, 9.17) is 5.73 Å². The molecule has 4 rings (SSSR count). The van der Waals surface area contributed by atoms with Crippen molar-refractivity contribution in [1.29, 1.82) is 0 Å². The molecule has 116 valence electrons. The van der Waals surface area contributed by atoms with Crippen LogP contribution in [-0.4, -0.2) is 27.6 Å². The molecule has 1 aliphatic heterocycles. The third-order valence-corrected chi connectivity index (χ3v) is 4.22. The van der Waals surface area contributed by atoms with E-state index in [1.165, 1.54) is 4.57 Å². The van der Waals surface area contributed by atoms with E-state index in [0.29, 0.717) is 28.2 Å². The van der Waals surface area contributed by atoms with Gasteiger partial charge in [-0.05, 0) is 31.0 Å². The lowest BCUT2D eigenvalue weighted by molar-refractivity contribution is 0.904. The number of hydrogen-bond donors (Lipinski definition) is 1. The average molecular weight is 307 g/mol. The molecule has 2 aromatic heterocycles. The van der Waals surface area contributed by atoms with Gasteiger partial charge >= 0.3 is 0 Å². The lowest BCUT2D eigenvalue weighted by Crippen LogP contribution is -2.22. The second kappa shape index (κ2) is 5.39. The Bertz CT molecular complexity index is 928. The smallest absolute Gasteiger partial charge is 0.266 e. The largest absolute Gasteiger partial charge is 0.397 e. The molecular weight excluding hydrogens is 290 g/mol. The second-order valence-electron chi connectivity index (χ2n) is 5.71. The molecule has 1 fully saturated rings. The molecule has 0 unspecified atom stereocenters. The minimum atomic E-state index is -0.159. The van der Waals surface area contributed by atoms with Gasteiger partial charge in [-0.1, -0.05) is 12.1 Å². The number of para-hydroxylation sites is 2. The Kier molecular flexibility index (Phi) is 3.22. The summed E-state index contributed by atoms with van der Waals surface area (Å²) in [6, 6.07) is 9.14. The number of pyridine rings is 1. The number of nitrogens with zero attached hydrogens (tertiary/aromatic N) is 4. The minimum Gasteiger partial charge on any atom is -0.397 e. The van der Waals surface area contributed by atoms with Crippen LogP contribution in [0.2, 0.25) is 0 Å². The van der Waals surface area contributed by atoms with Gasteiger partial charge in [-0.3, -0.25) is 9.36 Å². The molecule has 0 atom stereocenters. The molecular formula is C17H17N5O. The summed E-state index contributed by atoms with van der Waals surface area (Å²) in [6.45, 7) is 1.95. The van der Waals surface area contributed by atoms with E-state index in [2.05, 4.69) is 14.9 Å². The van der Waals surface area contributed by atoms with Crippen molar-refractivity contribution in [2.75, 3.05) is 23.7 Å². The van der Waals surface area contributed by atoms with Crippen molar-refractivity contribution >= 4 is 22.5 Å². The summed E-state index contributed by atoms with van der Waals surface area (Å²) >= 11 is 0. The van der Waals surface area contributed by atoms with Crippen LogP contribution in [-0.2, 0) is 0 Å². The molecule has 6 heteroatoms. The summed E-state index contributed by atoms with van der Waals surface area (Å²) in [5, 5.41) is 0.499. The predicted molar refractivity (Wildman–Crippen MR) is 91.0 cm³/mol. The summed E-state index contributed by atoms with van der Waals surface area (Å²) in [7, 11) is 0. The fourth-order valence-electron chi connectivity index (χ4n) is 2.99. The molecule has 1 aliphatic rings. The van der Waals surface area contributed by atoms with Gasteiger partial charge in [0.1, 0.15) is 0 Å². The summed E-state index contributed by atoms with van der Waals surface area (Å²) < 4.78 is 1.54. The second-order valence-corrected chi connectivity index (χ2v) is 5.71. The van der Waals surface area contributed by atoms with Crippen molar-refractivity contribution in [3.05, 3.63) is 53.1 Å². The molecule has 0 amide bonds. The Morgan fingerprint density at radius 3 is 2.65 bits per heavy atom. The zero-order valence-corrected chi connectivity index (χ0v) is 12.6. The summed E-state index contributed by atoms with van der Waals surface area (Å²) in [6.07, 6.45) is 5.66. The highest BCUT2D eigenvalue weighted by Gasteiger charge is 2.16. The number of nitrogen functional groups attached to an aromatic ring is 1. The minimum absolute atomic E-state index is 0.159. The summed E-state index contributed by atoms with van der Waals surface area (Å²) in [5.41, 5.74) is 7.71. The van der Waals surface area contributed by atoms with Gasteiger partial charge in [0.15, 0.2) is 0 Å². The van der Waals surface area contributed by atoms with Crippen molar-refractivity contribution < 1.29 is 0 Å². The molecule has 3 aromatic rings. The van der Waals surface area contributed by atoms with Crippen LogP contribution >= 0.6 is 0 Å². The molecule has 0 radical (unpaired) electrons. The van der Waals surface area contributed by atoms with Gasteiger partial charge in [0.25, 0.3) is 5.56 Å². The first-order valence-electron chi connectivity index (χ1n) is 7.72. The van der Waals surface area contributed by atoms with Crippen LogP contribution in [0.3, 0.4) is 0 Å². The third kappa shape index (κ3) is 2.32. The molecule has 6 nitrogen and oxygen atoms in total. The van der Waals surface area contributed by atoms with Gasteiger partial charge in [-0.15, -0.1) is 0 Å². The van der Waals surface area contributed by atoms with Crippen LogP contribution in [0.15, 0.2) is 47.5 Å². The topological polar surface area (TPSA) is 77.0 Å². The average Bonchev–Trinajstić information content (AvgIpc) is 3.10. The van der Waals surface area contributed by atoms with Gasteiger partial charge in [0.2, 0.25) is 5.95 Å². The number of hydrogen-bond acceptors (Lipinski definition) is 5. The molecule has 1 aromatic carbocycles. The Morgan fingerprint density at radius 1 is 1.09 bits per heavy atom. The number of rotatable bonds is 2. The third-order valence-electron chi connectivity index (χ3n) is 4.22. The highest BCUT2D eigenvalue weighted by molar-refractivity contribution is 5.78. The van der Waals surface area contributed by atoms with E-state index >= 15 is 0 Å². The molecule has 0 spiro atoms. The molecule has 23 heavy (non-hydrogen) atoms. The molecule has 0 aliphatic carbocycles. The van der Waals surface area contributed by atoms with Gasteiger partial charge in [0, 0.05) is 25.5 Å². The first-order chi connectivity index (χ1) is 11.2. The number of nitrogens with two attached hydrogens (primary N) is 1. The molecule has 1 saturated heterocycles. The first-order valence-corrected chi connectivity index (χ1v) is 7.72. The van der Waals surface area contributed by atoms with Crippen LogP contribution in [0.1, 0.15) is 12.8 Å². The normalized spacial score (nSPS) is 14.5. The zero-order valence-electron chi connectivity index (χ0n) is 12.6. The quantitative estimate of drug-likeness (QED) is 0.732. The van der Waals surface area contributed by atoms with Gasteiger partial charge in [0.05, 0.1) is 22.3 Å². The predicted octanol–water partition coefficient (Wildman–Crippen LogP) is 1.96. The fraction of sp³-hybridized carbons (Fsp3) is 0.235. The molecule has 3 heterocycles. The van der Waals surface area contributed by atoms with Crippen LogP contribution in [0.4, 0.5) is 11.6 Å². The van der Waals surface area contributed by atoms with Crippen LogP contribution < -0.4 is 16.2 Å². The standard InChI is InChI=1S/C17H17N5O/c18-13-5-1-2-6-15(13)22-10-7-14-12(16(22)23)11-19-17(20-14)21-8-3-4-9-21/h1-2,5-7,10-11H,3-4,8-9,18H2. The zero-order chi connectivity index (χ0) is 15.8. The number of benzene rings is 1. The SMILES string of the molecule is Nc1ccccc1-n1ccc2nc(N3CCCC3)ncc2c1=O. The maximum atomic E-state index is 12.7. The number of anilines is 2. The summed E-state index contributed by atoms with van der Waals surface area (Å²) in [4.78, 5) is 23.8. The van der Waals surface area contributed by atoms with E-state index in [-0.39, 0.29) is 5.56 Å². The van der Waals surface area contributed by atoms with Gasteiger partial charge < -0.3 is 10.6 Å². The van der Waals surface area contributed by atoms with Crippen molar-refractivity contribution in [3.8, 4) is 5.69 Å². The monoisotopic (exact) mass is 307 g/mol. The van der Waals surface area contributed by atoms with Crippen molar-refractivity contribution in [1.82, 2.24) is 14.5 Å². The Morgan fingerprint density at radius 2 is 1.87 bits per heavy atom. The lowest BCUT2D eigenvalue weighted by atomic mass is 10.2. The highest BCUT2D eigenvalue weighted by Crippen LogP contribution is 2.19. The number of fused-ring (bicyclic) bond motifs is 1. The maximum Gasteiger partial charge on any atom is 0.266 e. The van der Waals surface area contributed by atoms with Crippen molar-refractivity contribution in [2.24, 2.45) is 0 Å². The number of aromatic nitrogens is 3. The van der Waals surface area contributed by atoms with E-state index in [0.717, 1.165) is 25.9 Å².